The van der Waals surface area contributed by atoms with Gasteiger partial charge in [0.25, 0.3) is 0 Å². The van der Waals surface area contributed by atoms with Crippen molar-refractivity contribution in [2.45, 2.75) is 25.2 Å². The number of methoxy groups -OCH3 is 1. The van der Waals surface area contributed by atoms with Crippen molar-refractivity contribution in [1.82, 2.24) is 0 Å². The molecule has 1 fully saturated rings. The van der Waals surface area contributed by atoms with Gasteiger partial charge in [-0.15, -0.1) is 6.58 Å². The second-order valence-electron chi connectivity index (χ2n) is 3.95. The summed E-state index contributed by atoms with van der Waals surface area (Å²) in [4.78, 5) is 10.6. The molecule has 1 rings (SSSR count). The minimum Gasteiger partial charge on any atom is -0.382 e. The summed E-state index contributed by atoms with van der Waals surface area (Å²) in [7, 11) is 1.61. The van der Waals surface area contributed by atoms with E-state index in [0.29, 0.717) is 13.2 Å². The Morgan fingerprint density at radius 1 is 1.47 bits per heavy atom. The zero-order chi connectivity index (χ0) is 12.7. The average Bonchev–Trinajstić information content (AvgIpc) is 3.12. The standard InChI is InChI=1S/C12H20O5/c1-4-9(2)11(12-10(7-13)17-12)16-8-15-6-5-14-3/h4,7,9-12H,1,5-6,8H2,2-3H3/t9-,10+,11+,12+/m1/s1. The van der Waals surface area contributed by atoms with Crippen LogP contribution in [0.2, 0.25) is 0 Å². The summed E-state index contributed by atoms with van der Waals surface area (Å²) in [6.45, 7) is 6.86. The summed E-state index contributed by atoms with van der Waals surface area (Å²) in [5, 5.41) is 0. The lowest BCUT2D eigenvalue weighted by atomic mass is 10.0. The molecule has 0 bridgehead atoms. The zero-order valence-electron chi connectivity index (χ0n) is 10.3. The third-order valence-corrected chi connectivity index (χ3v) is 2.69. The number of carbonyl (C=O) groups excluding carboxylic acids is 1. The van der Waals surface area contributed by atoms with E-state index >= 15 is 0 Å². The van der Waals surface area contributed by atoms with E-state index in [1.165, 1.54) is 0 Å². The molecule has 1 aliphatic rings. The Morgan fingerprint density at radius 3 is 2.76 bits per heavy atom. The molecule has 5 nitrogen and oxygen atoms in total. The number of epoxide rings is 1. The third kappa shape index (κ3) is 4.55. The van der Waals surface area contributed by atoms with Gasteiger partial charge in [0.2, 0.25) is 0 Å². The minimum atomic E-state index is -0.346. The summed E-state index contributed by atoms with van der Waals surface area (Å²) in [5.74, 6) is 0.107. The van der Waals surface area contributed by atoms with E-state index in [4.69, 9.17) is 18.9 Å². The van der Waals surface area contributed by atoms with Crippen LogP contribution in [0.15, 0.2) is 12.7 Å². The van der Waals surface area contributed by atoms with Crippen molar-refractivity contribution >= 4 is 6.29 Å². The molecule has 1 aliphatic heterocycles. The molecule has 0 aromatic carbocycles. The Morgan fingerprint density at radius 2 is 2.24 bits per heavy atom. The van der Waals surface area contributed by atoms with E-state index in [-0.39, 0.29) is 31.0 Å². The first-order chi connectivity index (χ1) is 8.24. The molecule has 0 radical (unpaired) electrons. The lowest BCUT2D eigenvalue weighted by Gasteiger charge is -2.20. The third-order valence-electron chi connectivity index (χ3n) is 2.69. The Bertz CT molecular complexity index is 243. The Labute approximate surface area is 102 Å². The van der Waals surface area contributed by atoms with Crippen LogP contribution in [0.4, 0.5) is 0 Å². The van der Waals surface area contributed by atoms with Crippen LogP contribution in [0.25, 0.3) is 0 Å². The van der Waals surface area contributed by atoms with Gasteiger partial charge in [-0.1, -0.05) is 13.0 Å². The Hall–Kier alpha value is -0.750. The molecule has 1 saturated heterocycles. The fourth-order valence-electron chi connectivity index (χ4n) is 1.52. The molecule has 0 N–H and O–H groups in total. The number of hydrogen-bond acceptors (Lipinski definition) is 5. The molecule has 0 unspecified atom stereocenters. The summed E-state index contributed by atoms with van der Waals surface area (Å²) >= 11 is 0. The monoisotopic (exact) mass is 244 g/mol. The predicted molar refractivity (Wildman–Crippen MR) is 61.7 cm³/mol. The van der Waals surface area contributed by atoms with Gasteiger partial charge >= 0.3 is 0 Å². The van der Waals surface area contributed by atoms with E-state index in [2.05, 4.69) is 6.58 Å². The highest BCUT2D eigenvalue weighted by Gasteiger charge is 2.47. The zero-order valence-corrected chi connectivity index (χ0v) is 10.3. The maximum atomic E-state index is 10.6. The fraction of sp³-hybridized carbons (Fsp3) is 0.750. The summed E-state index contributed by atoms with van der Waals surface area (Å²) in [5.41, 5.74) is 0. The molecule has 0 amide bonds. The van der Waals surface area contributed by atoms with Crippen LogP contribution in [0.1, 0.15) is 6.92 Å². The van der Waals surface area contributed by atoms with Gasteiger partial charge in [-0.3, -0.25) is 0 Å². The second kappa shape index (κ2) is 7.55. The first-order valence-corrected chi connectivity index (χ1v) is 5.66. The summed E-state index contributed by atoms with van der Waals surface area (Å²) in [6.07, 6.45) is 1.87. The van der Waals surface area contributed by atoms with E-state index in [1.807, 2.05) is 6.92 Å². The summed E-state index contributed by atoms with van der Waals surface area (Å²) in [6, 6.07) is 0. The second-order valence-corrected chi connectivity index (χ2v) is 3.95. The topological polar surface area (TPSA) is 57.3 Å². The van der Waals surface area contributed by atoms with Crippen molar-refractivity contribution in [3.8, 4) is 0 Å². The summed E-state index contributed by atoms with van der Waals surface area (Å²) < 4.78 is 20.8. The van der Waals surface area contributed by atoms with Crippen molar-refractivity contribution < 1.29 is 23.7 Å². The Kier molecular flexibility index (Phi) is 6.36. The van der Waals surface area contributed by atoms with Crippen LogP contribution in [0.5, 0.6) is 0 Å². The molecule has 4 atom stereocenters. The number of aldehydes is 1. The SMILES string of the molecule is C=C[C@@H](C)[C@H](OCOCCOC)[C@H]1O[C@H]1C=O. The van der Waals surface area contributed by atoms with E-state index < -0.39 is 0 Å². The predicted octanol–water partition coefficient (Wildman–Crippen LogP) is 0.780. The van der Waals surface area contributed by atoms with Gasteiger partial charge in [0.1, 0.15) is 19.0 Å². The van der Waals surface area contributed by atoms with E-state index in [1.54, 1.807) is 13.2 Å². The number of rotatable bonds is 10. The lowest BCUT2D eigenvalue weighted by Crippen LogP contribution is -2.29. The van der Waals surface area contributed by atoms with Gasteiger partial charge in [0, 0.05) is 13.0 Å². The number of carbonyl (C=O) groups is 1. The van der Waals surface area contributed by atoms with Gasteiger partial charge in [-0.05, 0) is 0 Å². The molecule has 5 heteroatoms. The molecule has 0 aromatic rings. The Balaban J connectivity index is 2.27. The highest BCUT2D eigenvalue weighted by molar-refractivity contribution is 5.61. The molecule has 0 spiro atoms. The van der Waals surface area contributed by atoms with Gasteiger partial charge in [-0.25, -0.2) is 0 Å². The van der Waals surface area contributed by atoms with Gasteiger partial charge in [0.15, 0.2) is 6.29 Å². The van der Waals surface area contributed by atoms with Crippen molar-refractivity contribution in [3.05, 3.63) is 12.7 Å². The quantitative estimate of drug-likeness (QED) is 0.187. The van der Waals surface area contributed by atoms with Gasteiger partial charge < -0.3 is 23.7 Å². The molecular formula is C12H20O5. The average molecular weight is 244 g/mol. The smallest absolute Gasteiger partial charge is 0.151 e. The molecular weight excluding hydrogens is 224 g/mol. The number of hydrogen-bond donors (Lipinski definition) is 0. The molecule has 98 valence electrons. The fourth-order valence-corrected chi connectivity index (χ4v) is 1.52. The largest absolute Gasteiger partial charge is 0.382 e. The minimum absolute atomic E-state index is 0.107. The first kappa shape index (κ1) is 14.3. The van der Waals surface area contributed by atoms with Crippen LogP contribution in [-0.2, 0) is 23.7 Å². The maximum absolute atomic E-state index is 10.6. The van der Waals surface area contributed by atoms with Crippen LogP contribution in [0, 0.1) is 5.92 Å². The maximum Gasteiger partial charge on any atom is 0.151 e. The van der Waals surface area contributed by atoms with Crippen molar-refractivity contribution in [3.63, 3.8) is 0 Å². The van der Waals surface area contributed by atoms with Crippen LogP contribution in [0.3, 0.4) is 0 Å². The van der Waals surface area contributed by atoms with Gasteiger partial charge in [0.05, 0.1) is 19.3 Å². The lowest BCUT2D eigenvalue weighted by molar-refractivity contribution is -0.113. The molecule has 17 heavy (non-hydrogen) atoms. The normalized spacial score (nSPS) is 26.2. The van der Waals surface area contributed by atoms with Gasteiger partial charge in [-0.2, -0.15) is 0 Å². The van der Waals surface area contributed by atoms with Crippen molar-refractivity contribution in [2.24, 2.45) is 5.92 Å². The van der Waals surface area contributed by atoms with Crippen molar-refractivity contribution in [1.29, 1.82) is 0 Å². The molecule has 1 heterocycles. The van der Waals surface area contributed by atoms with E-state index in [0.717, 1.165) is 6.29 Å². The molecule has 0 aliphatic carbocycles. The van der Waals surface area contributed by atoms with Crippen molar-refractivity contribution in [2.75, 3.05) is 27.1 Å². The highest BCUT2D eigenvalue weighted by Crippen LogP contribution is 2.30. The van der Waals surface area contributed by atoms with Crippen LogP contribution < -0.4 is 0 Å². The first-order valence-electron chi connectivity index (χ1n) is 5.66. The molecule has 0 aromatic heterocycles. The molecule has 0 saturated carbocycles. The van der Waals surface area contributed by atoms with Crippen LogP contribution >= 0.6 is 0 Å². The van der Waals surface area contributed by atoms with E-state index in [9.17, 15) is 4.79 Å². The number of ether oxygens (including phenoxy) is 4. The highest BCUT2D eigenvalue weighted by atomic mass is 16.7. The van der Waals surface area contributed by atoms with Crippen LogP contribution in [-0.4, -0.2) is 51.7 Å².